The Hall–Kier alpha value is -3.77. The molecule has 0 unspecified atom stereocenters. The van der Waals surface area contributed by atoms with E-state index < -0.39 is 31.2 Å². The van der Waals surface area contributed by atoms with Gasteiger partial charge in [0.25, 0.3) is 5.91 Å². The highest BCUT2D eigenvalue weighted by molar-refractivity contribution is 6.31. The summed E-state index contributed by atoms with van der Waals surface area (Å²) in [6, 6.07) is 9.82. The molecule has 1 amide bonds. The van der Waals surface area contributed by atoms with Crippen LogP contribution < -0.4 is 15.8 Å². The molecule has 9 nitrogen and oxygen atoms in total. The Bertz CT molecular complexity index is 1380. The van der Waals surface area contributed by atoms with Crippen LogP contribution >= 0.6 is 11.6 Å². The molecule has 0 bridgehead atoms. The molecule has 4 rings (SSSR count). The smallest absolute Gasteiger partial charge is 0.391 e. The maximum Gasteiger partial charge on any atom is 0.391 e. The zero-order chi connectivity index (χ0) is 25.3. The molecule has 1 aromatic carbocycles. The summed E-state index contributed by atoms with van der Waals surface area (Å²) in [5, 5.41) is 21.4. The van der Waals surface area contributed by atoms with E-state index in [4.69, 9.17) is 22.1 Å². The van der Waals surface area contributed by atoms with Crippen LogP contribution in [0.2, 0.25) is 5.02 Å². The number of aliphatic hydroxyl groups excluding tert-OH is 1. The fourth-order valence-electron chi connectivity index (χ4n) is 3.65. The zero-order valence-electron chi connectivity index (χ0n) is 18.3. The lowest BCUT2D eigenvalue weighted by Crippen LogP contribution is -2.24. The van der Waals surface area contributed by atoms with Gasteiger partial charge in [-0.25, -0.2) is 4.52 Å². The number of carbonyl (C=O) groups excluding carboxylic acids is 1. The lowest BCUT2D eigenvalue weighted by Gasteiger charge is -2.12. The van der Waals surface area contributed by atoms with Crippen molar-refractivity contribution < 1.29 is 27.8 Å². The topological polar surface area (TPSA) is 120 Å². The van der Waals surface area contributed by atoms with Gasteiger partial charge in [-0.05, 0) is 30.3 Å². The van der Waals surface area contributed by atoms with Crippen molar-refractivity contribution in [3.63, 3.8) is 0 Å². The molecular weight excluding hydrogens is 489 g/mol. The molecule has 3 aromatic heterocycles. The van der Waals surface area contributed by atoms with Gasteiger partial charge < -0.3 is 20.9 Å². The maximum absolute atomic E-state index is 13.2. The predicted molar refractivity (Wildman–Crippen MR) is 123 cm³/mol. The second-order valence-electron chi connectivity index (χ2n) is 7.68. The fourth-order valence-corrected chi connectivity index (χ4v) is 3.82. The molecule has 0 spiro atoms. The zero-order valence-corrected chi connectivity index (χ0v) is 19.0. The molecule has 4 N–H and O–H groups in total. The van der Waals surface area contributed by atoms with Crippen LogP contribution in [0.25, 0.3) is 16.8 Å². The van der Waals surface area contributed by atoms with Gasteiger partial charge in [0.05, 0.1) is 37.4 Å². The lowest BCUT2D eigenvalue weighted by atomic mass is 10.1. The molecule has 0 aliphatic heterocycles. The average Bonchev–Trinajstić information content (AvgIpc) is 3.31. The Kier molecular flexibility index (Phi) is 6.59. The van der Waals surface area contributed by atoms with Gasteiger partial charge in [-0.3, -0.25) is 9.48 Å². The normalized spacial score (nSPS) is 12.6. The van der Waals surface area contributed by atoms with Crippen LogP contribution in [0.1, 0.15) is 16.8 Å². The van der Waals surface area contributed by atoms with E-state index in [0.29, 0.717) is 21.9 Å². The van der Waals surface area contributed by atoms with Crippen molar-refractivity contribution in [3.8, 4) is 17.0 Å². The van der Waals surface area contributed by atoms with E-state index in [1.165, 1.54) is 17.8 Å². The van der Waals surface area contributed by atoms with Crippen molar-refractivity contribution in [2.24, 2.45) is 0 Å². The molecule has 35 heavy (non-hydrogen) atoms. The molecule has 184 valence electrons. The number of amides is 1. The largest absolute Gasteiger partial charge is 0.496 e. The number of halogens is 4. The Morgan fingerprint density at radius 1 is 1.29 bits per heavy atom. The molecule has 0 saturated heterocycles. The Balaban J connectivity index is 1.74. The monoisotopic (exact) mass is 508 g/mol. The van der Waals surface area contributed by atoms with Crippen LogP contribution in [0.5, 0.6) is 5.75 Å². The standard InChI is InChI=1S/C22H20ClF3N6O3/c1-35-17-6-5-12(23)8-14(17)19-15(11-31(29-19)10-13(33)9-22(24,25)26)28-21(34)18-16-4-2-3-7-32(16)30-20(18)27/h2-8,11,13,33H,9-10H2,1H3,(H2,27,30)(H,28,34)/t13-/m1/s1. The number of methoxy groups -OCH3 is 1. The number of anilines is 2. The first-order valence-corrected chi connectivity index (χ1v) is 10.6. The number of rotatable bonds is 7. The second kappa shape index (κ2) is 9.47. The number of nitrogens with one attached hydrogen (secondary N) is 1. The van der Waals surface area contributed by atoms with Crippen LogP contribution in [0, 0.1) is 0 Å². The van der Waals surface area contributed by atoms with E-state index in [9.17, 15) is 23.1 Å². The molecule has 13 heteroatoms. The number of nitrogens with two attached hydrogens (primary N) is 1. The number of hydrogen-bond donors (Lipinski definition) is 3. The van der Waals surface area contributed by atoms with Gasteiger partial charge in [-0.1, -0.05) is 17.7 Å². The van der Waals surface area contributed by atoms with E-state index in [1.807, 2.05) is 0 Å². The minimum atomic E-state index is -4.55. The second-order valence-corrected chi connectivity index (χ2v) is 8.11. The SMILES string of the molecule is COc1ccc(Cl)cc1-c1nn(C[C@H](O)CC(F)(F)F)cc1NC(=O)c1c(N)nn2ccccc12. The number of carbonyl (C=O) groups is 1. The number of fused-ring (bicyclic) bond motifs is 1. The molecule has 1 atom stereocenters. The van der Waals surface area contributed by atoms with Crippen LogP contribution in [-0.2, 0) is 6.54 Å². The number of aromatic nitrogens is 4. The van der Waals surface area contributed by atoms with Crippen LogP contribution in [-0.4, -0.2) is 49.8 Å². The van der Waals surface area contributed by atoms with Crippen molar-refractivity contribution in [2.75, 3.05) is 18.2 Å². The number of pyridine rings is 1. The Morgan fingerprint density at radius 2 is 2.06 bits per heavy atom. The number of aliphatic hydroxyl groups is 1. The third-order valence-corrected chi connectivity index (χ3v) is 5.32. The van der Waals surface area contributed by atoms with E-state index in [1.54, 1.807) is 42.6 Å². The summed E-state index contributed by atoms with van der Waals surface area (Å²) in [5.74, 6) is -0.258. The minimum Gasteiger partial charge on any atom is -0.496 e. The molecule has 3 heterocycles. The van der Waals surface area contributed by atoms with Gasteiger partial charge in [0, 0.05) is 23.0 Å². The van der Waals surface area contributed by atoms with Crippen LogP contribution in [0.15, 0.2) is 48.8 Å². The average molecular weight is 509 g/mol. The lowest BCUT2D eigenvalue weighted by molar-refractivity contribution is -0.154. The first kappa shape index (κ1) is 24.4. The highest BCUT2D eigenvalue weighted by Gasteiger charge is 2.31. The highest BCUT2D eigenvalue weighted by Crippen LogP contribution is 2.36. The summed E-state index contributed by atoms with van der Waals surface area (Å²) in [5.41, 5.74) is 7.23. The number of ether oxygens (including phenoxy) is 1. The van der Waals surface area contributed by atoms with Gasteiger partial charge >= 0.3 is 6.18 Å². The number of nitrogen functional groups attached to an aromatic ring is 1. The number of benzene rings is 1. The van der Waals surface area contributed by atoms with Crippen LogP contribution in [0.4, 0.5) is 24.7 Å². The summed E-state index contributed by atoms with van der Waals surface area (Å²) < 4.78 is 46.0. The van der Waals surface area contributed by atoms with Crippen molar-refractivity contribution in [1.29, 1.82) is 0 Å². The number of hydrogen-bond acceptors (Lipinski definition) is 6. The maximum atomic E-state index is 13.2. The summed E-state index contributed by atoms with van der Waals surface area (Å²) in [4.78, 5) is 13.2. The molecule has 0 radical (unpaired) electrons. The van der Waals surface area contributed by atoms with Gasteiger partial charge in [-0.15, -0.1) is 5.10 Å². The molecule has 0 aliphatic rings. The summed E-state index contributed by atoms with van der Waals surface area (Å²) in [6.45, 7) is -0.468. The van der Waals surface area contributed by atoms with E-state index >= 15 is 0 Å². The molecule has 0 saturated carbocycles. The minimum absolute atomic E-state index is 0.0106. The van der Waals surface area contributed by atoms with E-state index in [-0.39, 0.29) is 22.8 Å². The van der Waals surface area contributed by atoms with Crippen molar-refractivity contribution in [3.05, 3.63) is 59.4 Å². The van der Waals surface area contributed by atoms with Gasteiger partial charge in [0.1, 0.15) is 17.0 Å². The molecule has 0 fully saturated rings. The summed E-state index contributed by atoms with van der Waals surface area (Å²) >= 11 is 6.14. The highest BCUT2D eigenvalue weighted by atomic mass is 35.5. The first-order chi connectivity index (χ1) is 16.6. The Labute approximate surface area is 201 Å². The third-order valence-electron chi connectivity index (χ3n) is 5.09. The van der Waals surface area contributed by atoms with Crippen LogP contribution in [0.3, 0.4) is 0 Å². The van der Waals surface area contributed by atoms with Crippen molar-refractivity contribution in [2.45, 2.75) is 25.2 Å². The summed E-state index contributed by atoms with van der Waals surface area (Å²) in [7, 11) is 1.43. The third kappa shape index (κ3) is 5.33. The molecule has 4 aromatic rings. The summed E-state index contributed by atoms with van der Waals surface area (Å²) in [6.07, 6.45) is -4.77. The van der Waals surface area contributed by atoms with E-state index in [2.05, 4.69) is 15.5 Å². The van der Waals surface area contributed by atoms with Crippen molar-refractivity contribution in [1.82, 2.24) is 19.4 Å². The molecule has 0 aliphatic carbocycles. The predicted octanol–water partition coefficient (Wildman–Crippen LogP) is 4.01. The van der Waals surface area contributed by atoms with Crippen molar-refractivity contribution >= 4 is 34.5 Å². The van der Waals surface area contributed by atoms with Gasteiger partial charge in [0.2, 0.25) is 0 Å². The Morgan fingerprint density at radius 3 is 2.77 bits per heavy atom. The number of alkyl halides is 3. The first-order valence-electron chi connectivity index (χ1n) is 10.3. The van der Waals surface area contributed by atoms with Gasteiger partial charge in [0.15, 0.2) is 5.82 Å². The van der Waals surface area contributed by atoms with E-state index in [0.717, 1.165) is 4.68 Å². The fraction of sp³-hybridized carbons (Fsp3) is 0.227. The molecular formula is C22H20ClF3N6O3. The van der Waals surface area contributed by atoms with Gasteiger partial charge in [-0.2, -0.15) is 18.3 Å². The number of nitrogens with zero attached hydrogens (tertiary/aromatic N) is 4. The quantitative estimate of drug-likeness (QED) is 0.347.